The van der Waals surface area contributed by atoms with Crippen molar-refractivity contribution in [3.05, 3.63) is 53.5 Å². The van der Waals surface area contributed by atoms with Crippen LogP contribution in [0.4, 0.5) is 5.82 Å². The van der Waals surface area contributed by atoms with Crippen LogP contribution in [-0.4, -0.2) is 21.0 Å². The van der Waals surface area contributed by atoms with Crippen LogP contribution in [0.15, 0.2) is 36.7 Å². The van der Waals surface area contributed by atoms with Gasteiger partial charge >= 0.3 is 5.97 Å². The number of fused-ring (bicyclic) bond motifs is 1. The van der Waals surface area contributed by atoms with Gasteiger partial charge in [0.2, 0.25) is 0 Å². The smallest absolute Gasteiger partial charge is 0.330 e. The molecule has 0 aliphatic heterocycles. The van der Waals surface area contributed by atoms with Crippen molar-refractivity contribution in [2.75, 3.05) is 5.32 Å². The van der Waals surface area contributed by atoms with E-state index < -0.39 is 12.0 Å². The molecule has 0 spiro atoms. The number of carboxylic acid groups (broad SMARTS) is 1. The molecule has 2 N–H and O–H groups in total. The molecule has 2 aromatic rings. The third-order valence-corrected chi connectivity index (χ3v) is 3.79. The highest BCUT2D eigenvalue weighted by Gasteiger charge is 2.23. The summed E-state index contributed by atoms with van der Waals surface area (Å²) in [7, 11) is 0. The minimum Gasteiger partial charge on any atom is -0.479 e. The summed E-state index contributed by atoms with van der Waals surface area (Å²) >= 11 is 0. The molecule has 1 atom stereocenters. The summed E-state index contributed by atoms with van der Waals surface area (Å²) in [4.78, 5) is 20.1. The van der Waals surface area contributed by atoms with E-state index >= 15 is 0 Å². The lowest BCUT2D eigenvalue weighted by Crippen LogP contribution is -2.23. The number of aromatic nitrogens is 2. The van der Waals surface area contributed by atoms with Crippen molar-refractivity contribution in [1.29, 1.82) is 0 Å². The largest absolute Gasteiger partial charge is 0.479 e. The highest BCUT2D eigenvalue weighted by atomic mass is 16.4. The molecule has 1 aliphatic rings. The molecule has 0 saturated carbocycles. The summed E-state index contributed by atoms with van der Waals surface area (Å²) in [6.07, 6.45) is 5.58. The fourth-order valence-electron chi connectivity index (χ4n) is 2.72. The second-order valence-corrected chi connectivity index (χ2v) is 5.18. The van der Waals surface area contributed by atoms with Gasteiger partial charge in [0.15, 0.2) is 6.04 Å². The first-order valence-corrected chi connectivity index (χ1v) is 7.13. The molecule has 1 aliphatic carbocycles. The van der Waals surface area contributed by atoms with E-state index in [1.807, 2.05) is 18.2 Å². The number of aryl methyl sites for hydroxylation is 1. The van der Waals surface area contributed by atoms with Gasteiger partial charge in [0.05, 0.1) is 0 Å². The normalized spacial score (nSPS) is 15.0. The number of hydrogen-bond acceptors (Lipinski definition) is 4. The van der Waals surface area contributed by atoms with E-state index in [9.17, 15) is 9.90 Å². The van der Waals surface area contributed by atoms with Crippen molar-refractivity contribution in [3.8, 4) is 0 Å². The van der Waals surface area contributed by atoms with Gasteiger partial charge in [-0.3, -0.25) is 0 Å². The summed E-state index contributed by atoms with van der Waals surface area (Å²) in [6, 6.07) is 8.35. The number of nitrogens with zero attached hydrogens (tertiary/aromatic N) is 2. The predicted molar refractivity (Wildman–Crippen MR) is 79.1 cm³/mol. The van der Waals surface area contributed by atoms with Crippen LogP contribution in [0.3, 0.4) is 0 Å². The maximum absolute atomic E-state index is 11.6. The van der Waals surface area contributed by atoms with Gasteiger partial charge in [0, 0.05) is 11.3 Å². The Hall–Kier alpha value is -2.43. The second kappa shape index (κ2) is 5.91. The Morgan fingerprint density at radius 2 is 1.90 bits per heavy atom. The number of hydrogen-bond donors (Lipinski definition) is 2. The van der Waals surface area contributed by atoms with E-state index in [0.29, 0.717) is 11.4 Å². The zero-order valence-corrected chi connectivity index (χ0v) is 11.6. The van der Waals surface area contributed by atoms with Crippen LogP contribution in [0.25, 0.3) is 0 Å². The van der Waals surface area contributed by atoms with E-state index in [1.165, 1.54) is 6.33 Å². The van der Waals surface area contributed by atoms with Crippen LogP contribution in [0.5, 0.6) is 0 Å². The Labute approximate surface area is 123 Å². The number of anilines is 1. The third kappa shape index (κ3) is 2.86. The third-order valence-electron chi connectivity index (χ3n) is 3.79. The van der Waals surface area contributed by atoms with E-state index in [4.69, 9.17) is 0 Å². The second-order valence-electron chi connectivity index (χ2n) is 5.18. The predicted octanol–water partition coefficient (Wildman–Crippen LogP) is 2.59. The summed E-state index contributed by atoms with van der Waals surface area (Å²) < 4.78 is 0. The molecule has 108 valence electrons. The number of carboxylic acids is 1. The number of benzene rings is 1. The van der Waals surface area contributed by atoms with Crippen molar-refractivity contribution in [2.45, 2.75) is 31.7 Å². The van der Waals surface area contributed by atoms with Gasteiger partial charge < -0.3 is 10.4 Å². The minimum absolute atomic E-state index is 0.649. The van der Waals surface area contributed by atoms with Crippen LogP contribution in [0, 0.1) is 0 Å². The van der Waals surface area contributed by atoms with E-state index in [1.54, 1.807) is 12.1 Å². The number of nitrogens with one attached hydrogen (secondary N) is 1. The molecule has 1 heterocycles. The van der Waals surface area contributed by atoms with Crippen molar-refractivity contribution in [2.24, 2.45) is 0 Å². The average molecular weight is 283 g/mol. The Morgan fingerprint density at radius 1 is 1.14 bits per heavy atom. The zero-order valence-electron chi connectivity index (χ0n) is 11.6. The Morgan fingerprint density at radius 3 is 2.67 bits per heavy atom. The maximum Gasteiger partial charge on any atom is 0.330 e. The van der Waals surface area contributed by atoms with Crippen LogP contribution in [0.2, 0.25) is 0 Å². The molecule has 1 aromatic carbocycles. The lowest BCUT2D eigenvalue weighted by molar-refractivity contribution is -0.138. The Balaban J connectivity index is 1.92. The van der Waals surface area contributed by atoms with Crippen molar-refractivity contribution >= 4 is 11.8 Å². The minimum atomic E-state index is -0.913. The molecule has 3 rings (SSSR count). The highest BCUT2D eigenvalue weighted by Crippen LogP contribution is 2.27. The molecule has 1 unspecified atom stereocenters. The summed E-state index contributed by atoms with van der Waals surface area (Å²) in [5, 5.41) is 12.6. The zero-order chi connectivity index (χ0) is 14.7. The standard InChI is InChI=1S/C16H17N3O2/c20-16(21)14(11-6-2-1-3-7-11)19-15-12-8-4-5-9-13(12)17-10-18-15/h1-3,6-7,10,14H,4-5,8-9H2,(H,20,21)(H,17,18,19). The quantitative estimate of drug-likeness (QED) is 0.902. The SMILES string of the molecule is O=C(O)C(Nc1ncnc2c1CCCC2)c1ccccc1. The summed E-state index contributed by atoms with van der Waals surface area (Å²) in [6.45, 7) is 0. The Bertz CT molecular complexity index is 643. The molecule has 5 nitrogen and oxygen atoms in total. The molecule has 0 bridgehead atoms. The molecular weight excluding hydrogens is 266 g/mol. The van der Waals surface area contributed by atoms with Crippen molar-refractivity contribution < 1.29 is 9.90 Å². The summed E-state index contributed by atoms with van der Waals surface area (Å²) in [5.74, 6) is -0.264. The first-order valence-electron chi connectivity index (χ1n) is 7.13. The van der Waals surface area contributed by atoms with Crippen molar-refractivity contribution in [1.82, 2.24) is 9.97 Å². The van der Waals surface area contributed by atoms with Crippen LogP contribution >= 0.6 is 0 Å². The number of carbonyl (C=O) groups is 1. The molecule has 0 saturated heterocycles. The van der Waals surface area contributed by atoms with E-state index in [2.05, 4.69) is 15.3 Å². The molecule has 0 fully saturated rings. The lowest BCUT2D eigenvalue weighted by Gasteiger charge is -2.21. The molecule has 1 aromatic heterocycles. The molecule has 21 heavy (non-hydrogen) atoms. The molecular formula is C16H17N3O2. The molecule has 5 heteroatoms. The first-order chi connectivity index (χ1) is 10.3. The van der Waals surface area contributed by atoms with E-state index in [-0.39, 0.29) is 0 Å². The maximum atomic E-state index is 11.6. The van der Waals surface area contributed by atoms with Crippen LogP contribution < -0.4 is 5.32 Å². The van der Waals surface area contributed by atoms with Gasteiger partial charge in [-0.2, -0.15) is 0 Å². The van der Waals surface area contributed by atoms with Crippen LogP contribution in [0.1, 0.15) is 35.7 Å². The van der Waals surface area contributed by atoms with Gasteiger partial charge in [0.1, 0.15) is 12.1 Å². The number of rotatable bonds is 4. The topological polar surface area (TPSA) is 75.1 Å². The van der Waals surface area contributed by atoms with Gasteiger partial charge in [-0.15, -0.1) is 0 Å². The van der Waals surface area contributed by atoms with Gasteiger partial charge in [-0.1, -0.05) is 30.3 Å². The van der Waals surface area contributed by atoms with Crippen LogP contribution in [-0.2, 0) is 17.6 Å². The summed E-state index contributed by atoms with van der Waals surface area (Å²) in [5.41, 5.74) is 2.81. The first kappa shape index (κ1) is 13.5. The fraction of sp³-hybridized carbons (Fsp3) is 0.312. The Kier molecular flexibility index (Phi) is 3.81. The molecule has 0 radical (unpaired) electrons. The van der Waals surface area contributed by atoms with E-state index in [0.717, 1.165) is 36.9 Å². The fourth-order valence-corrected chi connectivity index (χ4v) is 2.72. The van der Waals surface area contributed by atoms with Gasteiger partial charge in [-0.25, -0.2) is 14.8 Å². The molecule has 0 amide bonds. The van der Waals surface area contributed by atoms with Crippen molar-refractivity contribution in [3.63, 3.8) is 0 Å². The highest BCUT2D eigenvalue weighted by molar-refractivity contribution is 5.79. The average Bonchev–Trinajstić information content (AvgIpc) is 2.53. The van der Waals surface area contributed by atoms with Gasteiger partial charge in [-0.05, 0) is 31.2 Å². The number of aliphatic carboxylic acids is 1. The van der Waals surface area contributed by atoms with Gasteiger partial charge in [0.25, 0.3) is 0 Å². The monoisotopic (exact) mass is 283 g/mol. The lowest BCUT2D eigenvalue weighted by atomic mass is 9.96.